The number of thiophene rings is 1. The van der Waals surface area contributed by atoms with Crippen LogP contribution in [0.3, 0.4) is 0 Å². The zero-order valence-corrected chi connectivity index (χ0v) is 15.6. The van der Waals surface area contributed by atoms with Crippen molar-refractivity contribution in [3.05, 3.63) is 67.7 Å². The van der Waals surface area contributed by atoms with E-state index in [1.54, 1.807) is 23.5 Å². The van der Waals surface area contributed by atoms with Gasteiger partial charge in [-0.05, 0) is 60.3 Å². The molecule has 0 bridgehead atoms. The average molecular weight is 479 g/mol. The van der Waals surface area contributed by atoms with Gasteiger partial charge in [0.25, 0.3) is 0 Å². The van der Waals surface area contributed by atoms with E-state index in [2.05, 4.69) is 59.2 Å². The van der Waals surface area contributed by atoms with E-state index < -0.39 is 0 Å². The molecule has 2 aromatic carbocycles. The van der Waals surface area contributed by atoms with Crippen LogP contribution in [-0.4, -0.2) is 0 Å². The Balaban J connectivity index is 2.16. The predicted molar refractivity (Wildman–Crippen MR) is 94.4 cm³/mol. The third kappa shape index (κ3) is 2.49. The van der Waals surface area contributed by atoms with E-state index >= 15 is 0 Å². The summed E-state index contributed by atoms with van der Waals surface area (Å²) in [6, 6.07) is 11.4. The van der Waals surface area contributed by atoms with Crippen molar-refractivity contribution in [1.82, 2.24) is 0 Å². The van der Waals surface area contributed by atoms with Crippen molar-refractivity contribution in [2.24, 2.45) is 0 Å². The Hall–Kier alpha value is -0.230. The lowest BCUT2D eigenvalue weighted by Gasteiger charge is -2.12. The second-order valence-corrected chi connectivity index (χ2v) is 7.82. The molecule has 0 fully saturated rings. The molecule has 0 N–H and O–H groups in total. The van der Waals surface area contributed by atoms with Crippen LogP contribution in [0.25, 0.3) is 10.1 Å². The van der Waals surface area contributed by atoms with Crippen LogP contribution in [0.2, 0.25) is 0 Å². The maximum atomic E-state index is 14.2. The molecule has 1 aromatic heterocycles. The van der Waals surface area contributed by atoms with Gasteiger partial charge in [0, 0.05) is 14.7 Å². The van der Waals surface area contributed by atoms with E-state index in [1.807, 2.05) is 18.2 Å². The van der Waals surface area contributed by atoms with E-state index in [0.29, 0.717) is 10.0 Å². The van der Waals surface area contributed by atoms with Crippen molar-refractivity contribution in [3.63, 3.8) is 0 Å². The smallest absolute Gasteiger partial charge is 0.142 e. The molecule has 0 nitrogen and oxygen atoms in total. The molecular weight excluding hydrogens is 471 g/mol. The van der Waals surface area contributed by atoms with Crippen molar-refractivity contribution in [3.8, 4) is 0 Å². The third-order valence-corrected chi connectivity index (χ3v) is 6.68. The molecule has 3 aromatic rings. The van der Waals surface area contributed by atoms with Gasteiger partial charge in [-0.3, -0.25) is 0 Å². The fourth-order valence-electron chi connectivity index (χ4n) is 2.12. The van der Waals surface area contributed by atoms with Crippen molar-refractivity contribution < 1.29 is 4.39 Å². The van der Waals surface area contributed by atoms with Gasteiger partial charge in [-0.15, -0.1) is 11.3 Å². The van der Waals surface area contributed by atoms with E-state index in [4.69, 9.17) is 0 Å². The summed E-state index contributed by atoms with van der Waals surface area (Å²) in [6.07, 6.45) is 0. The molecule has 0 saturated heterocycles. The topological polar surface area (TPSA) is 0 Å². The molecule has 0 amide bonds. The van der Waals surface area contributed by atoms with E-state index in [9.17, 15) is 4.39 Å². The Bertz CT molecular complexity index is 782. The van der Waals surface area contributed by atoms with E-state index in [-0.39, 0.29) is 10.6 Å². The Morgan fingerprint density at radius 3 is 2.45 bits per heavy atom. The van der Waals surface area contributed by atoms with Crippen LogP contribution in [0.4, 0.5) is 4.39 Å². The van der Waals surface area contributed by atoms with Crippen LogP contribution in [0.15, 0.2) is 50.7 Å². The Morgan fingerprint density at radius 1 is 0.950 bits per heavy atom. The van der Waals surface area contributed by atoms with Gasteiger partial charge in [0.2, 0.25) is 0 Å². The molecule has 0 aliphatic carbocycles. The maximum absolute atomic E-state index is 14.2. The molecule has 1 heterocycles. The summed E-state index contributed by atoms with van der Waals surface area (Å²) in [6.45, 7) is 0. The highest BCUT2D eigenvalue weighted by atomic mass is 79.9. The summed E-state index contributed by atoms with van der Waals surface area (Å²) >= 11 is 12.1. The summed E-state index contributed by atoms with van der Waals surface area (Å²) in [5.74, 6) is -0.219. The van der Waals surface area contributed by atoms with Crippen LogP contribution in [0.5, 0.6) is 0 Å². The number of alkyl halides is 1. The second-order valence-electron chi connectivity index (χ2n) is 4.31. The zero-order valence-electron chi connectivity index (χ0n) is 10.0. The van der Waals surface area contributed by atoms with E-state index in [0.717, 1.165) is 15.4 Å². The summed E-state index contributed by atoms with van der Waals surface area (Å²) < 4.78 is 17.0. The molecule has 0 aliphatic rings. The zero-order chi connectivity index (χ0) is 14.3. The van der Waals surface area contributed by atoms with Crippen molar-refractivity contribution >= 4 is 69.2 Å². The second kappa shape index (κ2) is 5.87. The Kier molecular flexibility index (Phi) is 4.32. The highest BCUT2D eigenvalue weighted by Gasteiger charge is 2.20. The standard InChI is InChI=1S/C15H8Br3FS/c16-11-5-2-4-9(14(11)19)13(18)10-7-20-15-8(10)3-1-6-12(15)17/h1-7,13H. The highest BCUT2D eigenvalue weighted by molar-refractivity contribution is 9.11. The first-order chi connectivity index (χ1) is 9.59. The first kappa shape index (κ1) is 14.7. The van der Waals surface area contributed by atoms with Crippen LogP contribution in [-0.2, 0) is 0 Å². The maximum Gasteiger partial charge on any atom is 0.142 e. The third-order valence-electron chi connectivity index (χ3n) is 3.11. The largest absolute Gasteiger partial charge is 0.205 e. The number of halogens is 4. The Labute approximate surface area is 145 Å². The highest BCUT2D eigenvalue weighted by Crippen LogP contribution is 2.42. The molecule has 102 valence electrons. The van der Waals surface area contributed by atoms with Gasteiger partial charge in [-0.2, -0.15) is 0 Å². The quantitative estimate of drug-likeness (QED) is 0.346. The SMILES string of the molecule is Fc1c(Br)cccc1C(Br)c1csc2c(Br)cccc12. The minimum absolute atomic E-state index is 0.164. The molecule has 20 heavy (non-hydrogen) atoms. The summed E-state index contributed by atoms with van der Waals surface area (Å²) in [7, 11) is 0. The first-order valence-corrected chi connectivity index (χ1v) is 9.21. The average Bonchev–Trinajstić information content (AvgIpc) is 2.86. The lowest BCUT2D eigenvalue weighted by atomic mass is 10.0. The predicted octanol–water partition coefficient (Wildman–Crippen LogP) is 7.05. The molecule has 3 rings (SSSR count). The van der Waals surface area contributed by atoms with Crippen LogP contribution in [0, 0.1) is 5.82 Å². The van der Waals surface area contributed by atoms with Gasteiger partial charge in [0.05, 0.1) is 9.30 Å². The minimum atomic E-state index is -0.219. The number of hydrogen-bond donors (Lipinski definition) is 0. The fraction of sp³-hybridized carbons (Fsp3) is 0.0667. The normalized spacial score (nSPS) is 12.8. The van der Waals surface area contributed by atoms with Crippen molar-refractivity contribution in [2.45, 2.75) is 4.83 Å². The number of benzene rings is 2. The lowest BCUT2D eigenvalue weighted by molar-refractivity contribution is 0.607. The molecule has 0 spiro atoms. The van der Waals surface area contributed by atoms with Crippen molar-refractivity contribution in [2.75, 3.05) is 0 Å². The first-order valence-electron chi connectivity index (χ1n) is 5.83. The van der Waals surface area contributed by atoms with Gasteiger partial charge >= 0.3 is 0 Å². The van der Waals surface area contributed by atoms with Gasteiger partial charge in [0.1, 0.15) is 5.82 Å². The van der Waals surface area contributed by atoms with Crippen LogP contribution >= 0.6 is 59.1 Å². The minimum Gasteiger partial charge on any atom is -0.205 e. The summed E-state index contributed by atoms with van der Waals surface area (Å²) in [4.78, 5) is -0.164. The van der Waals surface area contributed by atoms with E-state index in [1.165, 1.54) is 4.70 Å². The fourth-order valence-corrected chi connectivity index (χ4v) is 5.06. The van der Waals surface area contributed by atoms with Gasteiger partial charge < -0.3 is 0 Å². The monoisotopic (exact) mass is 476 g/mol. The molecule has 5 heteroatoms. The number of rotatable bonds is 2. The van der Waals surface area contributed by atoms with Gasteiger partial charge in [0.15, 0.2) is 0 Å². The van der Waals surface area contributed by atoms with Crippen molar-refractivity contribution in [1.29, 1.82) is 0 Å². The molecular formula is C15H8Br3FS. The summed E-state index contributed by atoms with van der Waals surface area (Å²) in [5, 5.41) is 3.22. The summed E-state index contributed by atoms with van der Waals surface area (Å²) in [5.41, 5.74) is 1.72. The van der Waals surface area contributed by atoms with Crippen LogP contribution < -0.4 is 0 Å². The van der Waals surface area contributed by atoms with Crippen LogP contribution in [0.1, 0.15) is 16.0 Å². The van der Waals surface area contributed by atoms with Gasteiger partial charge in [-0.25, -0.2) is 4.39 Å². The number of fused-ring (bicyclic) bond motifs is 1. The number of hydrogen-bond acceptors (Lipinski definition) is 1. The Morgan fingerprint density at radius 2 is 1.65 bits per heavy atom. The van der Waals surface area contributed by atoms with Gasteiger partial charge in [-0.1, -0.05) is 40.2 Å². The molecule has 1 atom stereocenters. The lowest BCUT2D eigenvalue weighted by Crippen LogP contribution is -1.96. The molecule has 0 aliphatic heterocycles. The molecule has 1 unspecified atom stereocenters. The molecule has 0 radical (unpaired) electrons. The molecule has 0 saturated carbocycles.